The molecule has 1 saturated heterocycles. The van der Waals surface area contributed by atoms with E-state index in [9.17, 15) is 4.79 Å². The quantitative estimate of drug-likeness (QED) is 0.612. The van der Waals surface area contributed by atoms with Crippen LogP contribution in [0.4, 0.5) is 0 Å². The number of carbonyl (C=O) groups is 1. The Morgan fingerprint density at radius 3 is 2.40 bits per heavy atom. The summed E-state index contributed by atoms with van der Waals surface area (Å²) in [6.45, 7) is 10.7. The molecular weight excluding hydrogens is 316 g/mol. The first-order valence-electron chi connectivity index (χ1n) is 9.35. The summed E-state index contributed by atoms with van der Waals surface area (Å²) in [6.07, 6.45) is 5.65. The number of amides is 1. The van der Waals surface area contributed by atoms with Crippen molar-refractivity contribution in [2.45, 2.75) is 45.6 Å². The van der Waals surface area contributed by atoms with Crippen LogP contribution in [0.15, 0.2) is 21.8 Å². The smallest absolute Gasteiger partial charge is 0.225 e. The summed E-state index contributed by atoms with van der Waals surface area (Å²) in [6, 6.07) is 0.232. The van der Waals surface area contributed by atoms with E-state index in [1.54, 1.807) is 0 Å². The minimum atomic E-state index is 0.142. The van der Waals surface area contributed by atoms with Gasteiger partial charge in [0.15, 0.2) is 0 Å². The van der Waals surface area contributed by atoms with Gasteiger partial charge in [-0.25, -0.2) is 4.99 Å². The summed E-state index contributed by atoms with van der Waals surface area (Å²) in [5, 5.41) is 3.19. The Hall–Kier alpha value is -1.69. The number of amidine groups is 1. The number of rotatable bonds is 5. The van der Waals surface area contributed by atoms with E-state index < -0.39 is 0 Å². The molecule has 0 atom stereocenters. The van der Waals surface area contributed by atoms with Gasteiger partial charge < -0.3 is 15.0 Å². The third kappa shape index (κ3) is 5.66. The number of ether oxygens (including phenoxy) is 1. The molecule has 6 nitrogen and oxygen atoms in total. The zero-order valence-corrected chi connectivity index (χ0v) is 15.8. The Bertz CT molecular complexity index is 514. The molecule has 2 aliphatic rings. The predicted molar refractivity (Wildman–Crippen MR) is 102 cm³/mol. The van der Waals surface area contributed by atoms with Gasteiger partial charge in [0.1, 0.15) is 5.84 Å². The van der Waals surface area contributed by atoms with Crippen LogP contribution < -0.4 is 5.32 Å². The number of hydrogen-bond acceptors (Lipinski definition) is 4. The van der Waals surface area contributed by atoms with Gasteiger partial charge in [-0.3, -0.25) is 9.79 Å². The first kappa shape index (κ1) is 19.6. The lowest BCUT2D eigenvalue weighted by Gasteiger charge is -2.33. The fourth-order valence-electron chi connectivity index (χ4n) is 3.47. The molecule has 6 heteroatoms. The summed E-state index contributed by atoms with van der Waals surface area (Å²) in [5.41, 5.74) is 1.10. The Morgan fingerprint density at radius 1 is 1.24 bits per heavy atom. The summed E-state index contributed by atoms with van der Waals surface area (Å²) < 4.78 is 5.33. The third-order valence-corrected chi connectivity index (χ3v) is 5.04. The first-order chi connectivity index (χ1) is 12.0. The van der Waals surface area contributed by atoms with E-state index in [-0.39, 0.29) is 12.0 Å². The van der Waals surface area contributed by atoms with Crippen molar-refractivity contribution in [2.24, 2.45) is 21.8 Å². The lowest BCUT2D eigenvalue weighted by molar-refractivity contribution is -0.140. The molecular formula is C19H32N4O2. The minimum absolute atomic E-state index is 0.142. The van der Waals surface area contributed by atoms with Gasteiger partial charge >= 0.3 is 0 Å². The molecule has 0 aromatic carbocycles. The van der Waals surface area contributed by atoms with Gasteiger partial charge in [-0.1, -0.05) is 13.8 Å². The van der Waals surface area contributed by atoms with Gasteiger partial charge in [0.2, 0.25) is 5.91 Å². The third-order valence-electron chi connectivity index (χ3n) is 5.04. The van der Waals surface area contributed by atoms with Gasteiger partial charge in [-0.2, -0.15) is 0 Å². The number of carbonyl (C=O) groups excluding carboxylic acids is 1. The summed E-state index contributed by atoms with van der Waals surface area (Å²) in [7, 11) is 1.91. The van der Waals surface area contributed by atoms with Gasteiger partial charge in [-0.05, 0) is 38.3 Å². The fraction of sp³-hybridized carbons (Fsp3) is 0.737. The second kappa shape index (κ2) is 9.70. The molecule has 140 valence electrons. The zero-order valence-electron chi connectivity index (χ0n) is 15.8. The Kier molecular flexibility index (Phi) is 7.62. The van der Waals surface area contributed by atoms with Gasteiger partial charge in [0.25, 0.3) is 0 Å². The molecule has 1 N–H and O–H groups in total. The van der Waals surface area contributed by atoms with Crippen LogP contribution in [0.3, 0.4) is 0 Å². The predicted octanol–water partition coefficient (Wildman–Crippen LogP) is 2.26. The molecule has 0 spiro atoms. The molecule has 2 rings (SSSR count). The lowest BCUT2D eigenvalue weighted by atomic mass is 9.85. The number of hydrogen-bond donors (Lipinski definition) is 1. The molecule has 1 aliphatic carbocycles. The normalized spacial score (nSPS) is 25.8. The summed E-state index contributed by atoms with van der Waals surface area (Å²) in [5.74, 6) is 1.51. The van der Waals surface area contributed by atoms with Gasteiger partial charge in [0.05, 0.1) is 19.3 Å². The standard InChI is InChI=1S/C19H32N4O2/c1-14(2)17(20-3)13-18(21-4)22-16-7-5-15(6-8-16)19(24)23-9-11-25-12-10-23/h13-16,20H,4-12H2,1-3H3. The van der Waals surface area contributed by atoms with Gasteiger partial charge in [-0.15, -0.1) is 0 Å². The van der Waals surface area contributed by atoms with Crippen molar-refractivity contribution in [3.63, 3.8) is 0 Å². The molecule has 0 unspecified atom stereocenters. The largest absolute Gasteiger partial charge is 0.391 e. The topological polar surface area (TPSA) is 66.3 Å². The molecule has 0 aromatic heterocycles. The van der Waals surface area contributed by atoms with E-state index in [1.165, 1.54) is 0 Å². The van der Waals surface area contributed by atoms with E-state index in [1.807, 2.05) is 18.0 Å². The SMILES string of the molecule is C=NC(C=C(NC)C(C)C)=NC1CCC(C(=O)N2CCOCC2)CC1. The highest BCUT2D eigenvalue weighted by atomic mass is 16.5. The second-order valence-corrected chi connectivity index (χ2v) is 7.09. The molecule has 1 aliphatic heterocycles. The number of aliphatic imine (C=N–C) groups is 2. The molecule has 1 saturated carbocycles. The monoisotopic (exact) mass is 348 g/mol. The molecule has 0 radical (unpaired) electrons. The Labute approximate surface area is 151 Å². The fourth-order valence-corrected chi connectivity index (χ4v) is 3.47. The Morgan fingerprint density at radius 2 is 1.88 bits per heavy atom. The van der Waals surface area contributed by atoms with E-state index in [4.69, 9.17) is 9.73 Å². The van der Waals surface area contributed by atoms with Crippen molar-refractivity contribution >= 4 is 18.5 Å². The number of allylic oxidation sites excluding steroid dienone is 1. The van der Waals surface area contributed by atoms with Gasteiger partial charge in [0, 0.05) is 37.8 Å². The van der Waals surface area contributed by atoms with Crippen LogP contribution in [0, 0.1) is 11.8 Å². The molecule has 2 fully saturated rings. The highest BCUT2D eigenvalue weighted by Gasteiger charge is 2.30. The van der Waals surface area contributed by atoms with Crippen LogP contribution >= 0.6 is 0 Å². The zero-order chi connectivity index (χ0) is 18.2. The van der Waals surface area contributed by atoms with E-state index in [0.29, 0.717) is 30.9 Å². The second-order valence-electron chi connectivity index (χ2n) is 7.09. The van der Waals surface area contributed by atoms with Crippen LogP contribution in [0.5, 0.6) is 0 Å². The van der Waals surface area contributed by atoms with Crippen LogP contribution in [0.1, 0.15) is 39.5 Å². The number of nitrogens with zero attached hydrogens (tertiary/aromatic N) is 3. The Balaban J connectivity index is 1.91. The van der Waals surface area contributed by atoms with Crippen molar-refractivity contribution in [2.75, 3.05) is 33.4 Å². The van der Waals surface area contributed by atoms with Crippen molar-refractivity contribution in [1.29, 1.82) is 0 Å². The van der Waals surface area contributed by atoms with Crippen LogP contribution in [0.2, 0.25) is 0 Å². The van der Waals surface area contributed by atoms with Crippen molar-refractivity contribution in [3.8, 4) is 0 Å². The number of nitrogens with one attached hydrogen (secondary N) is 1. The average molecular weight is 348 g/mol. The molecule has 25 heavy (non-hydrogen) atoms. The highest BCUT2D eigenvalue weighted by Crippen LogP contribution is 2.28. The number of morpholine rings is 1. The first-order valence-corrected chi connectivity index (χ1v) is 9.35. The van der Waals surface area contributed by atoms with Crippen LogP contribution in [-0.2, 0) is 9.53 Å². The van der Waals surface area contributed by atoms with Crippen LogP contribution in [0.25, 0.3) is 0 Å². The maximum absolute atomic E-state index is 12.6. The van der Waals surface area contributed by atoms with E-state index >= 15 is 0 Å². The van der Waals surface area contributed by atoms with E-state index in [0.717, 1.165) is 44.5 Å². The maximum Gasteiger partial charge on any atom is 0.225 e. The summed E-state index contributed by atoms with van der Waals surface area (Å²) in [4.78, 5) is 23.4. The minimum Gasteiger partial charge on any atom is -0.391 e. The van der Waals surface area contributed by atoms with Crippen molar-refractivity contribution in [1.82, 2.24) is 10.2 Å². The van der Waals surface area contributed by atoms with Crippen molar-refractivity contribution in [3.05, 3.63) is 11.8 Å². The average Bonchev–Trinajstić information content (AvgIpc) is 2.65. The highest BCUT2D eigenvalue weighted by molar-refractivity contribution is 5.96. The van der Waals surface area contributed by atoms with E-state index in [2.05, 4.69) is 30.9 Å². The summed E-state index contributed by atoms with van der Waals surface area (Å²) >= 11 is 0. The lowest BCUT2D eigenvalue weighted by Crippen LogP contribution is -2.44. The van der Waals surface area contributed by atoms with Crippen molar-refractivity contribution < 1.29 is 9.53 Å². The molecule has 1 amide bonds. The molecule has 0 bridgehead atoms. The molecule has 0 aromatic rings. The molecule has 1 heterocycles. The maximum atomic E-state index is 12.6. The van der Waals surface area contributed by atoms with Crippen LogP contribution in [-0.4, -0.2) is 62.8 Å².